The number of hydrogen-bond acceptors (Lipinski definition) is 2. The minimum Gasteiger partial charge on any atom is -0.258 e. The Kier molecular flexibility index (Phi) is 3.37. The summed E-state index contributed by atoms with van der Waals surface area (Å²) in [5, 5.41) is 10.5. The van der Waals surface area contributed by atoms with Crippen LogP contribution >= 0.6 is 0 Å². The van der Waals surface area contributed by atoms with E-state index >= 15 is 0 Å². The van der Waals surface area contributed by atoms with Gasteiger partial charge in [0.15, 0.2) is 0 Å². The maximum atomic E-state index is 10.5. The molecule has 0 bridgehead atoms. The summed E-state index contributed by atoms with van der Waals surface area (Å²) in [4.78, 5) is 10.1. The molecule has 1 aromatic heterocycles. The number of non-ortho nitro benzene ring substituents is 1. The number of hydrogen-bond donors (Lipinski definition) is 0. The van der Waals surface area contributed by atoms with Crippen molar-refractivity contribution < 1.29 is 9.34 Å². The molecule has 0 amide bonds. The van der Waals surface area contributed by atoms with Crippen molar-refractivity contribution >= 4 is 5.69 Å². The van der Waals surface area contributed by atoms with E-state index in [4.69, 9.17) is 4.42 Å². The molecule has 0 unspecified atom stereocenters. The second kappa shape index (κ2) is 4.96. The third kappa shape index (κ3) is 2.91. The topological polar surface area (TPSA) is 54.4 Å². The second-order valence-corrected chi connectivity index (χ2v) is 4.31. The average molecular weight is 244 g/mol. The zero-order valence-electron chi connectivity index (χ0n) is 10.3. The number of aryl methyl sites for hydroxylation is 2. The summed E-state index contributed by atoms with van der Waals surface area (Å²) in [5.41, 5.74) is 2.25. The first-order valence-electron chi connectivity index (χ1n) is 5.68. The van der Waals surface area contributed by atoms with E-state index in [9.17, 15) is 10.1 Å². The lowest BCUT2D eigenvalue weighted by Crippen LogP contribution is -1.92. The van der Waals surface area contributed by atoms with Gasteiger partial charge in [-0.05, 0) is 18.1 Å². The fraction of sp³-hybridized carbons (Fsp3) is 0.214. The maximum Gasteiger partial charge on any atom is 0.334 e. The zero-order chi connectivity index (χ0) is 13.1. The van der Waals surface area contributed by atoms with Gasteiger partial charge in [-0.2, -0.15) is 0 Å². The number of nitrogens with zero attached hydrogens (tertiary/aromatic N) is 1. The Morgan fingerprint density at radius 2 is 1.83 bits per heavy atom. The first kappa shape index (κ1) is 12.2. The molecule has 4 nitrogen and oxygen atoms in total. The third-order valence-electron chi connectivity index (χ3n) is 2.64. The first-order valence-corrected chi connectivity index (χ1v) is 5.68. The molecule has 0 fully saturated rings. The molecule has 2 rings (SSSR count). The largest absolute Gasteiger partial charge is 0.334 e. The molecular weight excluding hydrogens is 230 g/mol. The van der Waals surface area contributed by atoms with Crippen LogP contribution in [-0.2, 0) is 6.42 Å². The van der Waals surface area contributed by atoms with E-state index in [0.717, 1.165) is 22.6 Å². The Morgan fingerprint density at radius 1 is 1.17 bits per heavy atom. The highest BCUT2D eigenvalue weighted by Crippen LogP contribution is 2.17. The minimum atomic E-state index is -0.398. The lowest BCUT2D eigenvalue weighted by molar-refractivity contribution is -0.384. The summed E-state index contributed by atoms with van der Waals surface area (Å²) < 4.78 is 5.61. The van der Waals surface area contributed by atoms with Crippen LogP contribution in [0.1, 0.15) is 22.6 Å². The summed E-state index contributed by atoms with van der Waals surface area (Å²) in [7, 11) is 0. The maximum absolute atomic E-state index is 10.5. The highest BCUT2D eigenvalue weighted by molar-refractivity contribution is 5.34. The first-order chi connectivity index (χ1) is 8.54. The molecule has 18 heavy (non-hydrogen) atoms. The molecule has 92 valence electrons. The van der Waals surface area contributed by atoms with Crippen LogP contribution < -0.4 is 0 Å². The summed E-state index contributed by atoms with van der Waals surface area (Å²) >= 11 is 0. The van der Waals surface area contributed by atoms with E-state index < -0.39 is 4.92 Å². The summed E-state index contributed by atoms with van der Waals surface area (Å²) in [6, 6.07) is 10.5. The minimum absolute atomic E-state index is 0.108. The van der Waals surface area contributed by atoms with Gasteiger partial charge in [-0.15, -0.1) is 0 Å². The molecule has 0 radical (unpaired) electrons. The number of rotatable bonds is 3. The monoisotopic (exact) mass is 244 g/mol. The van der Waals surface area contributed by atoms with Crippen LogP contribution in [0.4, 0.5) is 5.69 Å². The van der Waals surface area contributed by atoms with Crippen molar-refractivity contribution in [3.8, 4) is 0 Å². The van der Waals surface area contributed by atoms with Gasteiger partial charge in [0.25, 0.3) is 5.69 Å². The molecule has 0 aliphatic heterocycles. The number of benzene rings is 1. The Bertz CT molecular complexity index is 556. The van der Waals surface area contributed by atoms with E-state index in [2.05, 4.69) is 0 Å². The number of nitro benzene ring substituents is 1. The van der Waals surface area contributed by atoms with Gasteiger partial charge in [-0.1, -0.05) is 12.1 Å². The van der Waals surface area contributed by atoms with Crippen molar-refractivity contribution in [3.05, 3.63) is 69.2 Å². The quantitative estimate of drug-likeness (QED) is 0.470. The summed E-state index contributed by atoms with van der Waals surface area (Å²) in [5.74, 6) is 1.73. The Labute approximate surface area is 105 Å². The van der Waals surface area contributed by atoms with Crippen molar-refractivity contribution in [2.24, 2.45) is 0 Å². The molecule has 1 aromatic carbocycles. The van der Waals surface area contributed by atoms with Crippen LogP contribution in [-0.4, -0.2) is 4.92 Å². The predicted octanol–water partition coefficient (Wildman–Crippen LogP) is 3.68. The average Bonchev–Trinajstić information content (AvgIpc) is 2.28. The van der Waals surface area contributed by atoms with E-state index in [1.54, 1.807) is 12.1 Å². The highest BCUT2D eigenvalue weighted by Gasteiger charge is 2.13. The van der Waals surface area contributed by atoms with E-state index in [1.807, 2.05) is 26.0 Å². The molecule has 1 heterocycles. The van der Waals surface area contributed by atoms with Crippen LogP contribution in [0.2, 0.25) is 0 Å². The smallest absolute Gasteiger partial charge is 0.258 e. The van der Waals surface area contributed by atoms with E-state index in [-0.39, 0.29) is 5.69 Å². The molecule has 0 N–H and O–H groups in total. The van der Waals surface area contributed by atoms with Crippen molar-refractivity contribution in [2.75, 3.05) is 0 Å². The molecule has 4 heteroatoms. The van der Waals surface area contributed by atoms with E-state index in [0.29, 0.717) is 6.42 Å². The third-order valence-corrected chi connectivity index (χ3v) is 2.64. The van der Waals surface area contributed by atoms with Gasteiger partial charge in [-0.25, -0.2) is 4.42 Å². The predicted molar refractivity (Wildman–Crippen MR) is 68.5 cm³/mol. The summed E-state index contributed by atoms with van der Waals surface area (Å²) in [6.45, 7) is 3.92. The molecule has 0 aliphatic rings. The molecule has 0 aliphatic carbocycles. The Balaban J connectivity index is 2.20. The molecular formula is C14H14NO3+. The lowest BCUT2D eigenvalue weighted by Gasteiger charge is -1.96. The van der Waals surface area contributed by atoms with Crippen LogP contribution in [0, 0.1) is 24.0 Å². The van der Waals surface area contributed by atoms with Gasteiger partial charge in [-0.3, -0.25) is 10.1 Å². The fourth-order valence-electron chi connectivity index (χ4n) is 1.91. The van der Waals surface area contributed by atoms with Gasteiger partial charge in [0.1, 0.15) is 0 Å². The lowest BCUT2D eigenvalue weighted by atomic mass is 10.1. The molecule has 0 saturated carbocycles. The van der Waals surface area contributed by atoms with Crippen LogP contribution in [0.15, 0.2) is 40.8 Å². The summed E-state index contributed by atoms with van der Waals surface area (Å²) in [6.07, 6.45) is 0.639. The van der Waals surface area contributed by atoms with Gasteiger partial charge in [0.2, 0.25) is 0 Å². The van der Waals surface area contributed by atoms with Gasteiger partial charge in [0.05, 0.1) is 18.3 Å². The molecule has 0 spiro atoms. The van der Waals surface area contributed by atoms with Crippen molar-refractivity contribution in [1.29, 1.82) is 0 Å². The SMILES string of the molecule is Cc1cc(C)[o+]c(Cc2ccc([N+](=O)[O-])cc2)c1. The van der Waals surface area contributed by atoms with Crippen LogP contribution in [0.3, 0.4) is 0 Å². The van der Waals surface area contributed by atoms with Crippen molar-refractivity contribution in [2.45, 2.75) is 20.3 Å². The molecule has 0 atom stereocenters. The highest BCUT2D eigenvalue weighted by atomic mass is 16.6. The Hall–Kier alpha value is -2.23. The molecule has 2 aromatic rings. The molecule has 0 saturated heterocycles. The van der Waals surface area contributed by atoms with Crippen LogP contribution in [0.25, 0.3) is 0 Å². The van der Waals surface area contributed by atoms with Crippen molar-refractivity contribution in [3.63, 3.8) is 0 Å². The van der Waals surface area contributed by atoms with Gasteiger partial charge >= 0.3 is 11.5 Å². The van der Waals surface area contributed by atoms with Crippen molar-refractivity contribution in [1.82, 2.24) is 0 Å². The van der Waals surface area contributed by atoms with E-state index in [1.165, 1.54) is 12.1 Å². The van der Waals surface area contributed by atoms with Gasteiger partial charge in [0, 0.05) is 24.3 Å². The number of nitro groups is 1. The zero-order valence-corrected chi connectivity index (χ0v) is 10.3. The normalized spacial score (nSPS) is 10.3. The van der Waals surface area contributed by atoms with Crippen LogP contribution in [0.5, 0.6) is 0 Å². The Morgan fingerprint density at radius 3 is 2.39 bits per heavy atom. The van der Waals surface area contributed by atoms with Gasteiger partial charge < -0.3 is 0 Å². The standard InChI is InChI=1S/C14H14NO3/c1-10-7-11(2)18-14(8-10)9-12-3-5-13(6-4-12)15(16)17/h3-8H,9H2,1-2H3/q+1. The fourth-order valence-corrected chi connectivity index (χ4v) is 1.91. The second-order valence-electron chi connectivity index (χ2n) is 4.31.